The van der Waals surface area contributed by atoms with Crippen molar-refractivity contribution in [2.24, 2.45) is 5.92 Å². The second kappa shape index (κ2) is 13.9. The summed E-state index contributed by atoms with van der Waals surface area (Å²) in [5.41, 5.74) is 0.696. The third-order valence-corrected chi connectivity index (χ3v) is 7.51. The Hall–Kier alpha value is -1.44. The number of carbonyl (C=O) groups is 1. The maximum Gasteiger partial charge on any atom is 0.238 e. The minimum absolute atomic E-state index is 0.0484. The fourth-order valence-electron chi connectivity index (χ4n) is 4.32. The van der Waals surface area contributed by atoms with Gasteiger partial charge in [0.25, 0.3) is 0 Å². The molecule has 1 aromatic rings. The predicted octanol–water partition coefficient (Wildman–Crippen LogP) is 3.89. The molecule has 1 aliphatic rings. The molecule has 1 aliphatic carbocycles. The van der Waals surface area contributed by atoms with E-state index in [1.807, 2.05) is 18.2 Å². The van der Waals surface area contributed by atoms with Gasteiger partial charge in [0, 0.05) is 18.6 Å². The van der Waals surface area contributed by atoms with Crippen LogP contribution in [0.1, 0.15) is 83.1 Å². The molecular formula is C24H40N2O4S. The van der Waals surface area contributed by atoms with Gasteiger partial charge >= 0.3 is 0 Å². The van der Waals surface area contributed by atoms with Crippen molar-refractivity contribution in [2.75, 3.05) is 6.61 Å². The Labute approximate surface area is 188 Å². The Morgan fingerprint density at radius 1 is 1.06 bits per heavy atom. The van der Waals surface area contributed by atoms with Gasteiger partial charge in [-0.3, -0.25) is 4.79 Å². The zero-order valence-electron chi connectivity index (χ0n) is 18.9. The SMILES string of the molecule is CCCCCCCCC(NS(=O)(=O)Cc1ccccc1)C(=O)N[C@@H]1CCCC[C@H]1CO. The van der Waals surface area contributed by atoms with Crippen molar-refractivity contribution >= 4 is 15.9 Å². The zero-order valence-corrected chi connectivity index (χ0v) is 19.7. The van der Waals surface area contributed by atoms with Gasteiger partial charge in [-0.05, 0) is 24.8 Å². The number of hydrogen-bond donors (Lipinski definition) is 3. The van der Waals surface area contributed by atoms with Gasteiger partial charge in [-0.15, -0.1) is 0 Å². The molecule has 3 N–H and O–H groups in total. The summed E-state index contributed by atoms with van der Waals surface area (Å²) in [6.07, 6.45) is 10.8. The zero-order chi connectivity index (χ0) is 22.5. The number of sulfonamides is 1. The Kier molecular flexibility index (Phi) is 11.5. The van der Waals surface area contributed by atoms with Crippen LogP contribution in [0.4, 0.5) is 0 Å². The number of rotatable bonds is 14. The normalized spacial score (nSPS) is 20.3. The summed E-state index contributed by atoms with van der Waals surface area (Å²) >= 11 is 0. The van der Waals surface area contributed by atoms with E-state index in [9.17, 15) is 18.3 Å². The van der Waals surface area contributed by atoms with Gasteiger partial charge in [0.2, 0.25) is 15.9 Å². The average molecular weight is 453 g/mol. The highest BCUT2D eigenvalue weighted by Gasteiger charge is 2.30. The van der Waals surface area contributed by atoms with Crippen LogP contribution in [0.5, 0.6) is 0 Å². The van der Waals surface area contributed by atoms with Crippen molar-refractivity contribution in [3.63, 3.8) is 0 Å². The minimum Gasteiger partial charge on any atom is -0.396 e. The Morgan fingerprint density at radius 3 is 2.45 bits per heavy atom. The van der Waals surface area contributed by atoms with E-state index in [1.54, 1.807) is 12.1 Å². The van der Waals surface area contributed by atoms with E-state index in [0.29, 0.717) is 12.0 Å². The summed E-state index contributed by atoms with van der Waals surface area (Å²) in [6.45, 7) is 2.22. The lowest BCUT2D eigenvalue weighted by Gasteiger charge is -2.32. The van der Waals surface area contributed by atoms with Crippen LogP contribution in [0.25, 0.3) is 0 Å². The number of hydrogen-bond acceptors (Lipinski definition) is 4. The smallest absolute Gasteiger partial charge is 0.238 e. The monoisotopic (exact) mass is 452 g/mol. The molecule has 1 amide bonds. The van der Waals surface area contributed by atoms with E-state index in [-0.39, 0.29) is 30.2 Å². The molecule has 0 saturated heterocycles. The molecule has 1 saturated carbocycles. The van der Waals surface area contributed by atoms with Crippen molar-refractivity contribution in [2.45, 2.75) is 95.4 Å². The largest absolute Gasteiger partial charge is 0.396 e. The Balaban J connectivity index is 1.99. The molecule has 7 heteroatoms. The van der Waals surface area contributed by atoms with Gasteiger partial charge in [0.15, 0.2) is 0 Å². The Morgan fingerprint density at radius 2 is 1.74 bits per heavy atom. The maximum atomic E-state index is 13.0. The highest BCUT2D eigenvalue weighted by molar-refractivity contribution is 7.88. The molecule has 1 unspecified atom stereocenters. The third-order valence-electron chi connectivity index (χ3n) is 6.16. The van der Waals surface area contributed by atoms with Crippen molar-refractivity contribution < 1.29 is 18.3 Å². The first-order valence-electron chi connectivity index (χ1n) is 11.9. The fourth-order valence-corrected chi connectivity index (χ4v) is 5.70. The number of carbonyl (C=O) groups excluding carboxylic acids is 1. The molecule has 1 aromatic carbocycles. The van der Waals surface area contributed by atoms with E-state index < -0.39 is 16.1 Å². The third kappa shape index (κ3) is 9.71. The summed E-state index contributed by atoms with van der Waals surface area (Å²) < 4.78 is 28.2. The standard InChI is InChI=1S/C24H40N2O4S/c1-2-3-4-5-6-10-17-23(24(28)25-22-16-12-11-15-21(22)18-27)26-31(29,30)19-20-13-8-7-9-14-20/h7-9,13-14,21-23,26-27H,2-6,10-12,15-19H2,1H3,(H,25,28)/t21-,22+,23?/m0/s1. The van der Waals surface area contributed by atoms with Crippen LogP contribution in [-0.4, -0.2) is 38.1 Å². The predicted molar refractivity (Wildman–Crippen MR) is 125 cm³/mol. The molecule has 0 aliphatic heterocycles. The quantitative estimate of drug-likeness (QED) is 0.373. The molecule has 0 bridgehead atoms. The van der Waals surface area contributed by atoms with Gasteiger partial charge in [0.05, 0.1) is 5.75 Å². The molecule has 3 atom stereocenters. The van der Waals surface area contributed by atoms with Crippen LogP contribution < -0.4 is 10.0 Å². The molecule has 6 nitrogen and oxygen atoms in total. The van der Waals surface area contributed by atoms with Gasteiger partial charge in [-0.1, -0.05) is 88.6 Å². The maximum absolute atomic E-state index is 13.0. The van der Waals surface area contributed by atoms with Gasteiger partial charge in [0.1, 0.15) is 6.04 Å². The van der Waals surface area contributed by atoms with E-state index in [0.717, 1.165) is 44.9 Å². The van der Waals surface area contributed by atoms with Gasteiger partial charge in [-0.2, -0.15) is 0 Å². The van der Waals surface area contributed by atoms with E-state index in [2.05, 4.69) is 17.0 Å². The van der Waals surface area contributed by atoms with Crippen molar-refractivity contribution in [1.29, 1.82) is 0 Å². The first-order chi connectivity index (χ1) is 14.9. The second-order valence-electron chi connectivity index (χ2n) is 8.81. The van der Waals surface area contributed by atoms with Crippen molar-refractivity contribution in [3.8, 4) is 0 Å². The number of benzene rings is 1. The summed E-state index contributed by atoms with van der Waals surface area (Å²) in [5.74, 6) is -0.361. The molecule has 1 fully saturated rings. The lowest BCUT2D eigenvalue weighted by Crippen LogP contribution is -2.52. The Bertz CT molecular complexity index is 739. The lowest BCUT2D eigenvalue weighted by molar-refractivity contribution is -0.124. The summed E-state index contributed by atoms with van der Waals surface area (Å²) in [6, 6.07) is 8.15. The summed E-state index contributed by atoms with van der Waals surface area (Å²) in [5, 5.41) is 12.7. The molecule has 0 aromatic heterocycles. The lowest BCUT2D eigenvalue weighted by atomic mass is 9.85. The van der Waals surface area contributed by atoms with Crippen molar-refractivity contribution in [1.82, 2.24) is 10.0 Å². The molecule has 0 radical (unpaired) electrons. The summed E-state index contributed by atoms with van der Waals surface area (Å²) in [4.78, 5) is 13.0. The van der Waals surface area contributed by atoms with Crippen LogP contribution in [0.3, 0.4) is 0 Å². The minimum atomic E-state index is -3.65. The molecular weight excluding hydrogens is 412 g/mol. The highest BCUT2D eigenvalue weighted by atomic mass is 32.2. The van der Waals surface area contributed by atoms with Gasteiger partial charge in [-0.25, -0.2) is 13.1 Å². The fraction of sp³-hybridized carbons (Fsp3) is 0.708. The number of aliphatic hydroxyl groups is 1. The number of unbranched alkanes of at least 4 members (excludes halogenated alkanes) is 5. The van der Waals surface area contributed by atoms with Crippen LogP contribution in [0.15, 0.2) is 30.3 Å². The van der Waals surface area contributed by atoms with E-state index in [1.165, 1.54) is 19.3 Å². The van der Waals surface area contributed by atoms with Gasteiger partial charge < -0.3 is 10.4 Å². The van der Waals surface area contributed by atoms with E-state index >= 15 is 0 Å². The van der Waals surface area contributed by atoms with Crippen LogP contribution in [0, 0.1) is 5.92 Å². The molecule has 0 spiro atoms. The second-order valence-corrected chi connectivity index (χ2v) is 10.6. The van der Waals surface area contributed by atoms with Crippen molar-refractivity contribution in [3.05, 3.63) is 35.9 Å². The summed E-state index contributed by atoms with van der Waals surface area (Å²) in [7, 11) is -3.65. The first kappa shape index (κ1) is 25.8. The topological polar surface area (TPSA) is 95.5 Å². The number of aliphatic hydroxyl groups excluding tert-OH is 1. The molecule has 2 rings (SSSR count). The molecule has 0 heterocycles. The number of amides is 1. The average Bonchev–Trinajstić information content (AvgIpc) is 2.76. The number of nitrogens with one attached hydrogen (secondary N) is 2. The van der Waals surface area contributed by atoms with Crippen LogP contribution in [0.2, 0.25) is 0 Å². The van der Waals surface area contributed by atoms with E-state index in [4.69, 9.17) is 0 Å². The van der Waals surface area contributed by atoms with Crippen LogP contribution >= 0.6 is 0 Å². The molecule has 31 heavy (non-hydrogen) atoms. The van der Waals surface area contributed by atoms with Crippen LogP contribution in [-0.2, 0) is 20.6 Å². The first-order valence-corrected chi connectivity index (χ1v) is 13.6. The highest BCUT2D eigenvalue weighted by Crippen LogP contribution is 2.24. The molecule has 176 valence electrons.